The van der Waals surface area contributed by atoms with Crippen molar-refractivity contribution in [2.24, 2.45) is 5.92 Å². The van der Waals surface area contributed by atoms with Gasteiger partial charge in [0.05, 0.1) is 0 Å². The summed E-state index contributed by atoms with van der Waals surface area (Å²) < 4.78 is 34.6. The van der Waals surface area contributed by atoms with Crippen molar-refractivity contribution in [2.45, 2.75) is 32.0 Å². The first-order chi connectivity index (χ1) is 9.12. The summed E-state index contributed by atoms with van der Waals surface area (Å²) in [6.45, 7) is 2.16. The molecule has 0 atom stereocenters. The molecule has 5 heteroatoms. The number of hydrogen-bond donors (Lipinski definition) is 1. The Morgan fingerprint density at radius 1 is 1.16 bits per heavy atom. The topological polar surface area (TPSA) is 30.5 Å². The van der Waals surface area contributed by atoms with Crippen LogP contribution in [-0.4, -0.2) is 19.4 Å². The molecule has 3 nitrogen and oxygen atoms in total. The van der Waals surface area contributed by atoms with Crippen LogP contribution in [0.5, 0.6) is 11.5 Å². The number of halogens is 2. The fourth-order valence-corrected chi connectivity index (χ4v) is 2.69. The molecule has 1 fully saturated rings. The molecule has 0 spiro atoms. The van der Waals surface area contributed by atoms with Crippen molar-refractivity contribution in [2.75, 3.05) is 13.1 Å². The van der Waals surface area contributed by atoms with Gasteiger partial charge in [0.25, 0.3) is 0 Å². The number of benzene rings is 1. The summed E-state index contributed by atoms with van der Waals surface area (Å²) in [5.74, 6) is 0.997. The molecule has 1 aromatic rings. The zero-order valence-electron chi connectivity index (χ0n) is 10.6. The molecule has 3 rings (SSSR count). The van der Waals surface area contributed by atoms with E-state index in [-0.39, 0.29) is 11.5 Å². The summed E-state index contributed by atoms with van der Waals surface area (Å²) in [6, 6.07) is 5.07. The van der Waals surface area contributed by atoms with Crippen LogP contribution in [0.1, 0.15) is 24.8 Å². The van der Waals surface area contributed by atoms with Crippen LogP contribution in [0.4, 0.5) is 8.78 Å². The van der Waals surface area contributed by atoms with Crippen molar-refractivity contribution in [3.05, 3.63) is 23.8 Å². The standard InChI is InChI=1S/C14H17F2NO2/c15-14(16)18-12-4-3-11(9-13(12)19-14)2-1-10-5-7-17-8-6-10/h3-4,9-10,17H,1-2,5-8H2. The summed E-state index contributed by atoms with van der Waals surface area (Å²) in [7, 11) is 0. The zero-order valence-corrected chi connectivity index (χ0v) is 10.6. The molecule has 2 aliphatic rings. The molecule has 0 aliphatic carbocycles. The first-order valence-electron chi connectivity index (χ1n) is 6.72. The van der Waals surface area contributed by atoms with Gasteiger partial charge in [-0.2, -0.15) is 0 Å². The van der Waals surface area contributed by atoms with Crippen LogP contribution in [0, 0.1) is 5.92 Å². The van der Waals surface area contributed by atoms with Crippen LogP contribution in [0.15, 0.2) is 18.2 Å². The molecule has 0 unspecified atom stereocenters. The van der Waals surface area contributed by atoms with Gasteiger partial charge in [0, 0.05) is 0 Å². The van der Waals surface area contributed by atoms with Gasteiger partial charge in [-0.05, 0) is 62.4 Å². The van der Waals surface area contributed by atoms with Crippen LogP contribution in [0.2, 0.25) is 0 Å². The third kappa shape index (κ3) is 2.97. The van der Waals surface area contributed by atoms with Gasteiger partial charge in [-0.3, -0.25) is 0 Å². The monoisotopic (exact) mass is 269 g/mol. The highest BCUT2D eigenvalue weighted by molar-refractivity contribution is 5.45. The smallest absolute Gasteiger partial charge is 0.395 e. The lowest BCUT2D eigenvalue weighted by atomic mass is 9.91. The number of piperidine rings is 1. The Balaban J connectivity index is 1.60. The summed E-state index contributed by atoms with van der Waals surface area (Å²) in [4.78, 5) is 0. The molecule has 0 aromatic heterocycles. The molecule has 0 bridgehead atoms. The van der Waals surface area contributed by atoms with Gasteiger partial charge < -0.3 is 14.8 Å². The minimum atomic E-state index is -3.52. The molecule has 1 N–H and O–H groups in total. The third-order valence-electron chi connectivity index (χ3n) is 3.77. The van der Waals surface area contributed by atoms with Crippen molar-refractivity contribution >= 4 is 0 Å². The second-order valence-electron chi connectivity index (χ2n) is 5.18. The van der Waals surface area contributed by atoms with E-state index in [4.69, 9.17) is 0 Å². The average molecular weight is 269 g/mol. The number of hydrogen-bond acceptors (Lipinski definition) is 3. The Hall–Kier alpha value is -1.36. The Morgan fingerprint density at radius 3 is 2.68 bits per heavy atom. The van der Waals surface area contributed by atoms with Crippen molar-refractivity contribution < 1.29 is 18.3 Å². The van der Waals surface area contributed by atoms with E-state index in [1.807, 2.05) is 6.07 Å². The lowest BCUT2D eigenvalue weighted by Crippen LogP contribution is -2.27. The number of alkyl halides is 2. The Labute approximate surface area is 110 Å². The van der Waals surface area contributed by atoms with Crippen molar-refractivity contribution in [3.63, 3.8) is 0 Å². The highest BCUT2D eigenvalue weighted by Crippen LogP contribution is 2.41. The largest absolute Gasteiger partial charge is 0.586 e. The molecule has 1 aromatic carbocycles. The normalized spacial score (nSPS) is 21.6. The van der Waals surface area contributed by atoms with Gasteiger partial charge in [-0.25, -0.2) is 0 Å². The molecule has 0 amide bonds. The maximum absolute atomic E-state index is 12.9. The average Bonchev–Trinajstić information content (AvgIpc) is 2.70. The van der Waals surface area contributed by atoms with E-state index in [1.54, 1.807) is 12.1 Å². The molecule has 104 valence electrons. The van der Waals surface area contributed by atoms with E-state index in [1.165, 1.54) is 12.8 Å². The van der Waals surface area contributed by atoms with E-state index in [0.717, 1.165) is 37.4 Å². The number of fused-ring (bicyclic) bond motifs is 1. The SMILES string of the molecule is FC1(F)Oc2ccc(CCC3CCNCC3)cc2O1. The number of nitrogens with one attached hydrogen (secondary N) is 1. The van der Waals surface area contributed by atoms with Crippen LogP contribution >= 0.6 is 0 Å². The van der Waals surface area contributed by atoms with E-state index >= 15 is 0 Å². The minimum absolute atomic E-state index is 0.121. The third-order valence-corrected chi connectivity index (χ3v) is 3.77. The van der Waals surface area contributed by atoms with Gasteiger partial charge in [-0.15, -0.1) is 8.78 Å². The fourth-order valence-electron chi connectivity index (χ4n) is 2.69. The molecule has 0 radical (unpaired) electrons. The predicted octanol–water partition coefficient (Wildman–Crippen LogP) is 2.94. The summed E-state index contributed by atoms with van der Waals surface area (Å²) >= 11 is 0. The highest BCUT2D eigenvalue weighted by Gasteiger charge is 2.43. The number of rotatable bonds is 3. The van der Waals surface area contributed by atoms with Gasteiger partial charge in [0.1, 0.15) is 0 Å². The molecule has 19 heavy (non-hydrogen) atoms. The Morgan fingerprint density at radius 2 is 1.89 bits per heavy atom. The maximum atomic E-state index is 12.9. The van der Waals surface area contributed by atoms with E-state index in [2.05, 4.69) is 14.8 Å². The Bertz CT molecular complexity index is 459. The Kier molecular flexibility index (Phi) is 3.31. The molecule has 1 saturated heterocycles. The van der Waals surface area contributed by atoms with Crippen LogP contribution in [0.25, 0.3) is 0 Å². The van der Waals surface area contributed by atoms with E-state index in [0.29, 0.717) is 0 Å². The van der Waals surface area contributed by atoms with Crippen molar-refractivity contribution in [1.82, 2.24) is 5.32 Å². The number of aryl methyl sites for hydroxylation is 1. The maximum Gasteiger partial charge on any atom is 0.586 e. The van der Waals surface area contributed by atoms with Gasteiger partial charge >= 0.3 is 6.29 Å². The van der Waals surface area contributed by atoms with Crippen LogP contribution in [0.3, 0.4) is 0 Å². The molecule has 2 aliphatic heterocycles. The predicted molar refractivity (Wildman–Crippen MR) is 66.6 cm³/mol. The first kappa shape index (κ1) is 12.7. The quantitative estimate of drug-likeness (QED) is 0.915. The van der Waals surface area contributed by atoms with Gasteiger partial charge in [-0.1, -0.05) is 6.07 Å². The first-order valence-corrected chi connectivity index (χ1v) is 6.72. The molecule has 0 saturated carbocycles. The number of ether oxygens (including phenoxy) is 2. The van der Waals surface area contributed by atoms with E-state index < -0.39 is 6.29 Å². The minimum Gasteiger partial charge on any atom is -0.395 e. The van der Waals surface area contributed by atoms with E-state index in [9.17, 15) is 8.78 Å². The van der Waals surface area contributed by atoms with Crippen molar-refractivity contribution in [3.8, 4) is 11.5 Å². The van der Waals surface area contributed by atoms with Gasteiger partial charge in [0.2, 0.25) is 0 Å². The van der Waals surface area contributed by atoms with Crippen molar-refractivity contribution in [1.29, 1.82) is 0 Å². The van der Waals surface area contributed by atoms with Crippen LogP contribution in [-0.2, 0) is 6.42 Å². The lowest BCUT2D eigenvalue weighted by Gasteiger charge is -2.22. The molecule has 2 heterocycles. The summed E-state index contributed by atoms with van der Waals surface area (Å²) in [6.07, 6.45) is 0.867. The zero-order chi connectivity index (χ0) is 13.3. The second-order valence-corrected chi connectivity index (χ2v) is 5.18. The van der Waals surface area contributed by atoms with Gasteiger partial charge in [0.15, 0.2) is 11.5 Å². The molecular formula is C14H17F2NO2. The second kappa shape index (κ2) is 4.96. The summed E-state index contributed by atoms with van der Waals surface area (Å²) in [5, 5.41) is 3.34. The van der Waals surface area contributed by atoms with Crippen LogP contribution < -0.4 is 14.8 Å². The summed E-state index contributed by atoms with van der Waals surface area (Å²) in [5.41, 5.74) is 1.03. The fraction of sp³-hybridized carbons (Fsp3) is 0.571. The highest BCUT2D eigenvalue weighted by atomic mass is 19.3. The molecular weight excluding hydrogens is 252 g/mol. The lowest BCUT2D eigenvalue weighted by molar-refractivity contribution is -0.286.